The molecule has 0 radical (unpaired) electrons. The second-order valence-electron chi connectivity index (χ2n) is 6.83. The molecule has 1 aliphatic carbocycles. The van der Waals surface area contributed by atoms with Crippen LogP contribution in [0.4, 0.5) is 0 Å². The second-order valence-corrected chi connectivity index (χ2v) is 6.83. The van der Waals surface area contributed by atoms with Gasteiger partial charge < -0.3 is 15.2 Å². The molecule has 2 aliphatic rings. The van der Waals surface area contributed by atoms with Gasteiger partial charge in [0.15, 0.2) is 0 Å². The summed E-state index contributed by atoms with van der Waals surface area (Å²) in [5.41, 5.74) is -0.760. The Kier molecular flexibility index (Phi) is 6.02. The van der Waals surface area contributed by atoms with Gasteiger partial charge in [-0.1, -0.05) is 19.3 Å². The second kappa shape index (κ2) is 7.56. The predicted octanol–water partition coefficient (Wildman–Crippen LogP) is 1.30. The van der Waals surface area contributed by atoms with Gasteiger partial charge in [-0.2, -0.15) is 0 Å². The highest BCUT2D eigenvalue weighted by Gasteiger charge is 2.31. The van der Waals surface area contributed by atoms with Crippen LogP contribution in [0.5, 0.6) is 0 Å². The fourth-order valence-electron chi connectivity index (χ4n) is 3.57. The molecule has 1 heterocycles. The lowest BCUT2D eigenvalue weighted by atomic mass is 9.82. The van der Waals surface area contributed by atoms with Crippen LogP contribution in [-0.4, -0.2) is 59.9 Å². The summed E-state index contributed by atoms with van der Waals surface area (Å²) in [5, 5.41) is 13.3. The molecule has 2 atom stereocenters. The molecule has 0 aromatic carbocycles. The first kappa shape index (κ1) is 16.7. The minimum Gasteiger partial charge on any atom is -0.389 e. The van der Waals surface area contributed by atoms with E-state index in [9.17, 15) is 9.90 Å². The summed E-state index contributed by atoms with van der Waals surface area (Å²) in [6.45, 7) is 7.50. The minimum atomic E-state index is -0.760. The van der Waals surface area contributed by atoms with Gasteiger partial charge in [0.2, 0.25) is 5.91 Å². The zero-order chi connectivity index (χ0) is 15.3. The van der Waals surface area contributed by atoms with Crippen molar-refractivity contribution >= 4 is 5.91 Å². The van der Waals surface area contributed by atoms with Crippen molar-refractivity contribution < 1.29 is 14.6 Å². The van der Waals surface area contributed by atoms with E-state index < -0.39 is 5.60 Å². The van der Waals surface area contributed by atoms with Gasteiger partial charge >= 0.3 is 0 Å². The highest BCUT2D eigenvalue weighted by Crippen LogP contribution is 2.30. The average molecular weight is 298 g/mol. The fraction of sp³-hybridized carbons (Fsp3) is 0.938. The number of rotatable bonds is 5. The molecule has 5 nitrogen and oxygen atoms in total. The van der Waals surface area contributed by atoms with E-state index in [1.54, 1.807) is 0 Å². The molecule has 21 heavy (non-hydrogen) atoms. The van der Waals surface area contributed by atoms with Crippen LogP contribution in [0.3, 0.4) is 0 Å². The van der Waals surface area contributed by atoms with Gasteiger partial charge in [-0.3, -0.25) is 9.69 Å². The zero-order valence-corrected chi connectivity index (χ0v) is 13.4. The summed E-state index contributed by atoms with van der Waals surface area (Å²) >= 11 is 0. The van der Waals surface area contributed by atoms with Crippen molar-refractivity contribution in [3.05, 3.63) is 0 Å². The molecular weight excluding hydrogens is 268 g/mol. The van der Waals surface area contributed by atoms with Crippen molar-refractivity contribution in [2.24, 2.45) is 0 Å². The van der Waals surface area contributed by atoms with E-state index >= 15 is 0 Å². The number of morpholine rings is 1. The Labute approximate surface area is 128 Å². The van der Waals surface area contributed by atoms with E-state index in [4.69, 9.17) is 4.74 Å². The summed E-state index contributed by atoms with van der Waals surface area (Å²) < 4.78 is 5.70. The lowest BCUT2D eigenvalue weighted by molar-refractivity contribution is -0.127. The molecular formula is C16H30N2O3. The lowest BCUT2D eigenvalue weighted by Crippen LogP contribution is -2.48. The van der Waals surface area contributed by atoms with Crippen LogP contribution in [0.2, 0.25) is 0 Å². The summed E-state index contributed by atoms with van der Waals surface area (Å²) in [5.74, 6) is -0.0197. The molecule has 1 amide bonds. The van der Waals surface area contributed by atoms with Crippen LogP contribution in [0.25, 0.3) is 0 Å². The van der Waals surface area contributed by atoms with Crippen LogP contribution in [0, 0.1) is 0 Å². The fourth-order valence-corrected chi connectivity index (χ4v) is 3.57. The molecule has 0 bridgehead atoms. The Morgan fingerprint density at radius 2 is 1.86 bits per heavy atom. The molecule has 5 heteroatoms. The molecule has 1 saturated carbocycles. The molecule has 2 rings (SSSR count). The average Bonchev–Trinajstić information content (AvgIpc) is 2.37. The van der Waals surface area contributed by atoms with Gasteiger partial charge in [-0.15, -0.1) is 0 Å². The smallest absolute Gasteiger partial charge is 0.222 e. The van der Waals surface area contributed by atoms with E-state index in [0.29, 0.717) is 6.54 Å². The third kappa shape index (κ3) is 5.57. The highest BCUT2D eigenvalue weighted by molar-refractivity contribution is 5.77. The summed E-state index contributed by atoms with van der Waals surface area (Å²) in [4.78, 5) is 14.3. The molecule has 122 valence electrons. The number of nitrogens with one attached hydrogen (secondary N) is 1. The number of ether oxygens (including phenoxy) is 1. The predicted molar refractivity (Wildman–Crippen MR) is 82.1 cm³/mol. The van der Waals surface area contributed by atoms with Gasteiger partial charge in [0.25, 0.3) is 0 Å². The van der Waals surface area contributed by atoms with Crippen molar-refractivity contribution in [2.75, 3.05) is 26.2 Å². The standard InChI is InChI=1S/C16H30N2O3/c1-13-11-18(12-14(2)21-13)9-8-17-15(19)10-16(20)6-4-3-5-7-16/h13-14,20H,3-12H2,1-2H3,(H,17,19)/t13-,14+. The molecule has 1 saturated heterocycles. The molecule has 0 spiro atoms. The van der Waals surface area contributed by atoms with Gasteiger partial charge in [-0.05, 0) is 26.7 Å². The summed E-state index contributed by atoms with van der Waals surface area (Å²) in [6.07, 6.45) is 5.54. The number of carbonyl (C=O) groups is 1. The molecule has 1 aliphatic heterocycles. The van der Waals surface area contributed by atoms with Crippen LogP contribution >= 0.6 is 0 Å². The topological polar surface area (TPSA) is 61.8 Å². The first-order valence-corrected chi connectivity index (χ1v) is 8.34. The van der Waals surface area contributed by atoms with Crippen LogP contribution < -0.4 is 5.32 Å². The van der Waals surface area contributed by atoms with Crippen molar-refractivity contribution in [1.82, 2.24) is 10.2 Å². The Hall–Kier alpha value is -0.650. The van der Waals surface area contributed by atoms with Gasteiger partial charge in [0, 0.05) is 26.2 Å². The maximum atomic E-state index is 12.0. The number of hydrogen-bond donors (Lipinski definition) is 2. The third-order valence-corrected chi connectivity index (χ3v) is 4.52. The van der Waals surface area contributed by atoms with Crippen molar-refractivity contribution in [3.63, 3.8) is 0 Å². The minimum absolute atomic E-state index is 0.0197. The van der Waals surface area contributed by atoms with Gasteiger partial charge in [0.05, 0.1) is 24.2 Å². The Balaban J connectivity index is 1.64. The monoisotopic (exact) mass is 298 g/mol. The first-order chi connectivity index (χ1) is 9.97. The Morgan fingerprint density at radius 1 is 1.24 bits per heavy atom. The molecule has 0 aromatic rings. The van der Waals surface area contributed by atoms with E-state index in [-0.39, 0.29) is 24.5 Å². The first-order valence-electron chi connectivity index (χ1n) is 8.34. The zero-order valence-electron chi connectivity index (χ0n) is 13.4. The van der Waals surface area contributed by atoms with Crippen LogP contribution in [0.1, 0.15) is 52.4 Å². The molecule has 0 unspecified atom stereocenters. The number of nitrogens with zero attached hydrogens (tertiary/aromatic N) is 1. The molecule has 2 N–H and O–H groups in total. The van der Waals surface area contributed by atoms with E-state index in [0.717, 1.165) is 45.3 Å². The Morgan fingerprint density at radius 3 is 2.48 bits per heavy atom. The van der Waals surface area contributed by atoms with E-state index in [1.807, 2.05) is 0 Å². The number of carbonyl (C=O) groups excluding carboxylic acids is 1. The molecule has 0 aromatic heterocycles. The maximum absolute atomic E-state index is 12.0. The highest BCUT2D eigenvalue weighted by atomic mass is 16.5. The number of aliphatic hydroxyl groups is 1. The summed E-state index contributed by atoms with van der Waals surface area (Å²) in [6, 6.07) is 0. The van der Waals surface area contributed by atoms with Crippen molar-refractivity contribution in [3.8, 4) is 0 Å². The van der Waals surface area contributed by atoms with Gasteiger partial charge in [0.1, 0.15) is 0 Å². The quantitative estimate of drug-likeness (QED) is 0.803. The van der Waals surface area contributed by atoms with Crippen LogP contribution in [-0.2, 0) is 9.53 Å². The summed E-state index contributed by atoms with van der Waals surface area (Å²) in [7, 11) is 0. The SMILES string of the molecule is C[C@@H]1CN(CCNC(=O)CC2(O)CCCCC2)C[C@H](C)O1. The van der Waals surface area contributed by atoms with Crippen molar-refractivity contribution in [2.45, 2.75) is 70.2 Å². The third-order valence-electron chi connectivity index (χ3n) is 4.52. The Bertz CT molecular complexity index is 332. The van der Waals surface area contributed by atoms with Gasteiger partial charge in [-0.25, -0.2) is 0 Å². The van der Waals surface area contributed by atoms with Crippen LogP contribution in [0.15, 0.2) is 0 Å². The lowest BCUT2D eigenvalue weighted by Gasteiger charge is -2.35. The number of amides is 1. The van der Waals surface area contributed by atoms with E-state index in [1.165, 1.54) is 6.42 Å². The maximum Gasteiger partial charge on any atom is 0.222 e. The normalized spacial score (nSPS) is 30.0. The number of hydrogen-bond acceptors (Lipinski definition) is 4. The van der Waals surface area contributed by atoms with E-state index in [2.05, 4.69) is 24.1 Å². The van der Waals surface area contributed by atoms with Crippen molar-refractivity contribution in [1.29, 1.82) is 0 Å². The largest absolute Gasteiger partial charge is 0.389 e. The molecule has 2 fully saturated rings.